The molecule has 5 heteroatoms. The Kier molecular flexibility index (Phi) is 5.82. The van der Waals surface area contributed by atoms with Gasteiger partial charge in [-0.05, 0) is 55.1 Å². The number of ether oxygens (including phenoxy) is 2. The first-order valence-corrected chi connectivity index (χ1v) is 7.91. The van der Waals surface area contributed by atoms with Crippen LogP contribution in [0.4, 0.5) is 0 Å². The van der Waals surface area contributed by atoms with E-state index >= 15 is 0 Å². The van der Waals surface area contributed by atoms with Crippen molar-refractivity contribution < 1.29 is 14.3 Å². The summed E-state index contributed by atoms with van der Waals surface area (Å²) in [7, 11) is 1.39. The van der Waals surface area contributed by atoms with E-state index in [9.17, 15) is 4.79 Å². The first kappa shape index (κ1) is 16.0. The second kappa shape index (κ2) is 7.61. The third-order valence-electron chi connectivity index (χ3n) is 2.97. The average molecular weight is 414 g/mol. The molecule has 0 atom stereocenters. The van der Waals surface area contributed by atoms with E-state index in [1.807, 2.05) is 42.5 Å². The number of methoxy groups -OCH3 is 1. The summed E-state index contributed by atoms with van der Waals surface area (Å²) in [5.74, 6) is 0.481. The summed E-state index contributed by atoms with van der Waals surface area (Å²) in [5, 5.41) is 0. The zero-order valence-corrected chi connectivity index (χ0v) is 14.6. The second-order valence-electron chi connectivity index (χ2n) is 4.36. The Labute approximate surface area is 140 Å². The molecule has 0 N–H and O–H groups in total. The lowest BCUT2D eigenvalue weighted by Crippen LogP contribution is -2.08. The number of carbonyl (C=O) groups excluding carboxylic acids is 1. The molecule has 2 aromatic carbocycles. The molecular weight excluding hydrogens is 400 g/mol. The molecule has 0 saturated carbocycles. The van der Waals surface area contributed by atoms with Crippen LogP contribution in [0.15, 0.2) is 51.4 Å². The first-order chi connectivity index (χ1) is 10.1. The maximum absolute atomic E-state index is 11.4. The van der Waals surface area contributed by atoms with Gasteiger partial charge in [-0.3, -0.25) is 4.79 Å². The van der Waals surface area contributed by atoms with Crippen LogP contribution >= 0.6 is 31.9 Å². The highest BCUT2D eigenvalue weighted by molar-refractivity contribution is 9.11. The first-order valence-electron chi connectivity index (χ1n) is 6.32. The van der Waals surface area contributed by atoms with Crippen molar-refractivity contribution in [3.63, 3.8) is 0 Å². The van der Waals surface area contributed by atoms with Gasteiger partial charge in [0.15, 0.2) is 0 Å². The summed E-state index contributed by atoms with van der Waals surface area (Å²) >= 11 is 6.92. The van der Waals surface area contributed by atoms with Crippen molar-refractivity contribution >= 4 is 37.8 Å². The molecule has 110 valence electrons. The number of carbonyl (C=O) groups is 1. The van der Waals surface area contributed by atoms with E-state index in [2.05, 4.69) is 31.9 Å². The van der Waals surface area contributed by atoms with Crippen LogP contribution in [0.2, 0.25) is 0 Å². The van der Waals surface area contributed by atoms with Crippen LogP contribution in [0.3, 0.4) is 0 Å². The molecule has 21 heavy (non-hydrogen) atoms. The van der Waals surface area contributed by atoms with E-state index in [4.69, 9.17) is 9.47 Å². The molecule has 0 aliphatic carbocycles. The summed E-state index contributed by atoms with van der Waals surface area (Å²) in [6, 6.07) is 13.4. The Bertz CT molecular complexity index is 621. The van der Waals surface area contributed by atoms with Crippen LogP contribution in [0, 0.1) is 0 Å². The molecule has 3 nitrogen and oxygen atoms in total. The van der Waals surface area contributed by atoms with Crippen LogP contribution in [0.1, 0.15) is 11.1 Å². The van der Waals surface area contributed by atoms with Gasteiger partial charge in [0.25, 0.3) is 0 Å². The summed E-state index contributed by atoms with van der Waals surface area (Å²) in [6.07, 6.45) is 0.243. The molecule has 0 aliphatic heterocycles. The predicted octanol–water partition coefficient (Wildman–Crippen LogP) is 4.51. The van der Waals surface area contributed by atoms with Gasteiger partial charge >= 0.3 is 5.97 Å². The molecule has 0 bridgehead atoms. The van der Waals surface area contributed by atoms with Crippen LogP contribution in [-0.2, 0) is 22.6 Å². The summed E-state index contributed by atoms with van der Waals surface area (Å²) in [4.78, 5) is 11.4. The lowest BCUT2D eigenvalue weighted by Gasteiger charge is -2.12. The van der Waals surface area contributed by atoms with Gasteiger partial charge in [0.2, 0.25) is 0 Å². The zero-order chi connectivity index (χ0) is 15.2. The number of esters is 1. The minimum absolute atomic E-state index is 0.243. The minimum Gasteiger partial charge on any atom is -0.487 e. The van der Waals surface area contributed by atoms with Crippen LogP contribution < -0.4 is 4.74 Å². The molecule has 0 amide bonds. The molecular formula is C16H14Br2O3. The Morgan fingerprint density at radius 1 is 1.00 bits per heavy atom. The van der Waals surface area contributed by atoms with Crippen LogP contribution in [0.25, 0.3) is 0 Å². The average Bonchev–Trinajstić information content (AvgIpc) is 2.48. The fourth-order valence-corrected chi connectivity index (χ4v) is 3.10. The highest BCUT2D eigenvalue weighted by Crippen LogP contribution is 2.33. The van der Waals surface area contributed by atoms with Crippen molar-refractivity contribution in [3.05, 3.63) is 62.5 Å². The fraction of sp³-hybridized carbons (Fsp3) is 0.188. The standard InChI is InChI=1S/C16H14Br2O3/c1-20-15(19)9-11-5-2-3-6-12(11)10-21-16-13(17)7-4-8-14(16)18/h2-8H,9-10H2,1H3. The maximum Gasteiger partial charge on any atom is 0.309 e. The van der Waals surface area contributed by atoms with Gasteiger partial charge in [0.05, 0.1) is 22.5 Å². The van der Waals surface area contributed by atoms with E-state index in [1.54, 1.807) is 0 Å². The van der Waals surface area contributed by atoms with Crippen molar-refractivity contribution in [2.24, 2.45) is 0 Å². The van der Waals surface area contributed by atoms with Crippen LogP contribution in [-0.4, -0.2) is 13.1 Å². The van der Waals surface area contributed by atoms with E-state index < -0.39 is 0 Å². The van der Waals surface area contributed by atoms with Gasteiger partial charge in [0.1, 0.15) is 12.4 Å². The number of hydrogen-bond donors (Lipinski definition) is 0. The van der Waals surface area contributed by atoms with Crippen LogP contribution in [0.5, 0.6) is 5.75 Å². The Morgan fingerprint density at radius 2 is 1.62 bits per heavy atom. The lowest BCUT2D eigenvalue weighted by molar-refractivity contribution is -0.139. The minimum atomic E-state index is -0.260. The number of para-hydroxylation sites is 1. The van der Waals surface area contributed by atoms with Crippen molar-refractivity contribution in [3.8, 4) is 5.75 Å². The number of hydrogen-bond acceptors (Lipinski definition) is 3. The summed E-state index contributed by atoms with van der Waals surface area (Å²) in [6.45, 7) is 0.383. The van der Waals surface area contributed by atoms with Gasteiger partial charge in [0, 0.05) is 0 Å². The largest absolute Gasteiger partial charge is 0.487 e. The second-order valence-corrected chi connectivity index (χ2v) is 6.07. The maximum atomic E-state index is 11.4. The van der Waals surface area contributed by atoms with Gasteiger partial charge < -0.3 is 9.47 Å². The molecule has 0 radical (unpaired) electrons. The summed E-state index contributed by atoms with van der Waals surface area (Å²) < 4.78 is 12.3. The summed E-state index contributed by atoms with van der Waals surface area (Å²) in [5.41, 5.74) is 1.87. The lowest BCUT2D eigenvalue weighted by atomic mass is 10.1. The van der Waals surface area contributed by atoms with E-state index in [1.165, 1.54) is 7.11 Å². The smallest absolute Gasteiger partial charge is 0.309 e. The van der Waals surface area contributed by atoms with Crippen molar-refractivity contribution in [1.82, 2.24) is 0 Å². The van der Waals surface area contributed by atoms with Crippen molar-refractivity contribution in [2.45, 2.75) is 13.0 Å². The van der Waals surface area contributed by atoms with E-state index in [-0.39, 0.29) is 12.4 Å². The van der Waals surface area contributed by atoms with E-state index in [0.717, 1.165) is 25.8 Å². The number of rotatable bonds is 5. The Hall–Kier alpha value is -1.33. The molecule has 0 spiro atoms. The number of benzene rings is 2. The van der Waals surface area contributed by atoms with E-state index in [0.29, 0.717) is 6.61 Å². The number of halogens is 2. The van der Waals surface area contributed by atoms with Gasteiger partial charge in [-0.1, -0.05) is 30.3 Å². The van der Waals surface area contributed by atoms with Crippen molar-refractivity contribution in [2.75, 3.05) is 7.11 Å². The molecule has 2 rings (SSSR count). The third kappa shape index (κ3) is 4.32. The highest BCUT2D eigenvalue weighted by Gasteiger charge is 2.10. The third-order valence-corrected chi connectivity index (χ3v) is 4.22. The monoisotopic (exact) mass is 412 g/mol. The predicted molar refractivity (Wildman–Crippen MR) is 88.3 cm³/mol. The zero-order valence-electron chi connectivity index (χ0n) is 11.4. The highest BCUT2D eigenvalue weighted by atomic mass is 79.9. The molecule has 0 fully saturated rings. The van der Waals surface area contributed by atoms with Gasteiger partial charge in [-0.2, -0.15) is 0 Å². The molecule has 0 heterocycles. The normalized spacial score (nSPS) is 10.2. The Morgan fingerprint density at radius 3 is 2.24 bits per heavy atom. The quantitative estimate of drug-likeness (QED) is 0.676. The molecule has 2 aromatic rings. The fourth-order valence-electron chi connectivity index (χ4n) is 1.87. The molecule has 0 aliphatic rings. The Balaban J connectivity index is 2.15. The SMILES string of the molecule is COC(=O)Cc1ccccc1COc1c(Br)cccc1Br. The van der Waals surface area contributed by atoms with Gasteiger partial charge in [-0.25, -0.2) is 0 Å². The molecule has 0 unspecified atom stereocenters. The van der Waals surface area contributed by atoms with Gasteiger partial charge in [-0.15, -0.1) is 0 Å². The molecule has 0 saturated heterocycles. The van der Waals surface area contributed by atoms with Crippen molar-refractivity contribution in [1.29, 1.82) is 0 Å². The molecule has 0 aromatic heterocycles. The topological polar surface area (TPSA) is 35.5 Å².